The topological polar surface area (TPSA) is 36.1 Å². The van der Waals surface area contributed by atoms with Crippen LogP contribution in [0.5, 0.6) is 0 Å². The van der Waals surface area contributed by atoms with Gasteiger partial charge in [-0.25, -0.2) is 5.43 Å². The third-order valence-corrected chi connectivity index (χ3v) is 1.44. The molecule has 0 atom stereocenters. The standard InChI is InChI=1S/C11H27N3/c1-9(2,3)12-11(7,8)14-13-10(4,5)6/h12-14H,1-8H3. The van der Waals surface area contributed by atoms with Crippen molar-refractivity contribution in [2.24, 2.45) is 0 Å². The summed E-state index contributed by atoms with van der Waals surface area (Å²) in [4.78, 5) is 0. The summed E-state index contributed by atoms with van der Waals surface area (Å²) < 4.78 is 0. The molecule has 3 nitrogen and oxygen atoms in total. The zero-order valence-corrected chi connectivity index (χ0v) is 11.0. The van der Waals surface area contributed by atoms with Crippen LogP contribution in [-0.2, 0) is 0 Å². The maximum atomic E-state index is 3.49. The van der Waals surface area contributed by atoms with Crippen molar-refractivity contribution >= 4 is 0 Å². The van der Waals surface area contributed by atoms with Crippen molar-refractivity contribution in [3.63, 3.8) is 0 Å². The Balaban J connectivity index is 4.09. The molecule has 0 aliphatic carbocycles. The van der Waals surface area contributed by atoms with E-state index in [-0.39, 0.29) is 16.7 Å². The van der Waals surface area contributed by atoms with Crippen molar-refractivity contribution in [2.75, 3.05) is 0 Å². The molecule has 0 bridgehead atoms. The van der Waals surface area contributed by atoms with Crippen LogP contribution in [0.2, 0.25) is 0 Å². The molecule has 0 aromatic carbocycles. The lowest BCUT2D eigenvalue weighted by Gasteiger charge is -2.38. The van der Waals surface area contributed by atoms with Crippen molar-refractivity contribution in [3.05, 3.63) is 0 Å². The zero-order chi connectivity index (χ0) is 11.6. The van der Waals surface area contributed by atoms with Gasteiger partial charge in [-0.1, -0.05) is 0 Å². The van der Waals surface area contributed by atoms with E-state index in [4.69, 9.17) is 0 Å². The minimum absolute atomic E-state index is 0.0802. The van der Waals surface area contributed by atoms with Crippen LogP contribution in [0.15, 0.2) is 0 Å². The second-order valence-corrected chi connectivity index (χ2v) is 6.50. The smallest absolute Gasteiger partial charge is 0.0764 e. The molecule has 3 N–H and O–H groups in total. The predicted molar refractivity (Wildman–Crippen MR) is 63.0 cm³/mol. The van der Waals surface area contributed by atoms with Crippen LogP contribution in [0.25, 0.3) is 0 Å². The summed E-state index contributed by atoms with van der Waals surface area (Å²) in [5, 5.41) is 3.49. The van der Waals surface area contributed by atoms with E-state index in [0.717, 1.165) is 0 Å². The van der Waals surface area contributed by atoms with Gasteiger partial charge in [-0.05, 0) is 55.4 Å². The van der Waals surface area contributed by atoms with Gasteiger partial charge in [-0.15, -0.1) is 0 Å². The number of hydrogen-bond donors (Lipinski definition) is 3. The Bertz CT molecular complexity index is 172. The molecule has 3 heteroatoms. The van der Waals surface area contributed by atoms with Crippen LogP contribution in [0, 0.1) is 0 Å². The third-order valence-electron chi connectivity index (χ3n) is 1.44. The molecule has 0 aromatic rings. The number of nitrogens with one attached hydrogen (secondary N) is 3. The molecule has 86 valence electrons. The maximum Gasteiger partial charge on any atom is 0.0764 e. The van der Waals surface area contributed by atoms with Gasteiger partial charge in [0.05, 0.1) is 5.66 Å². The second-order valence-electron chi connectivity index (χ2n) is 6.50. The summed E-state index contributed by atoms with van der Waals surface area (Å²) in [6.45, 7) is 17.1. The summed E-state index contributed by atoms with van der Waals surface area (Å²) in [6, 6.07) is 0. The molecule has 0 unspecified atom stereocenters. The largest absolute Gasteiger partial charge is 0.294 e. The molecule has 0 aromatic heterocycles. The molecule has 0 aliphatic heterocycles. The highest BCUT2D eigenvalue weighted by Crippen LogP contribution is 2.07. The van der Waals surface area contributed by atoms with Crippen LogP contribution in [-0.4, -0.2) is 16.7 Å². The molecule has 0 fully saturated rings. The van der Waals surface area contributed by atoms with E-state index >= 15 is 0 Å². The Labute approximate surface area is 89.0 Å². The Hall–Kier alpha value is -0.120. The van der Waals surface area contributed by atoms with Crippen LogP contribution < -0.4 is 16.2 Å². The Morgan fingerprint density at radius 3 is 1.29 bits per heavy atom. The van der Waals surface area contributed by atoms with Gasteiger partial charge >= 0.3 is 0 Å². The van der Waals surface area contributed by atoms with Crippen molar-refractivity contribution < 1.29 is 0 Å². The highest BCUT2D eigenvalue weighted by atomic mass is 15.5. The molecule has 0 radical (unpaired) electrons. The average Bonchev–Trinajstić information content (AvgIpc) is 1.76. The predicted octanol–water partition coefficient (Wildman–Crippen LogP) is 2.00. The second kappa shape index (κ2) is 4.17. The van der Waals surface area contributed by atoms with Crippen LogP contribution in [0.1, 0.15) is 55.4 Å². The van der Waals surface area contributed by atoms with Crippen molar-refractivity contribution in [1.29, 1.82) is 0 Å². The van der Waals surface area contributed by atoms with Gasteiger partial charge in [-0.2, -0.15) is 0 Å². The van der Waals surface area contributed by atoms with Crippen molar-refractivity contribution in [1.82, 2.24) is 16.2 Å². The van der Waals surface area contributed by atoms with E-state index in [1.54, 1.807) is 0 Å². The summed E-state index contributed by atoms with van der Waals surface area (Å²) in [5.41, 5.74) is 6.63. The fraction of sp³-hybridized carbons (Fsp3) is 1.00. The summed E-state index contributed by atoms with van der Waals surface area (Å²) in [5.74, 6) is 0. The molecular weight excluding hydrogens is 174 g/mol. The molecule has 0 aliphatic rings. The van der Waals surface area contributed by atoms with Gasteiger partial charge in [0.2, 0.25) is 0 Å². The lowest BCUT2D eigenvalue weighted by Crippen LogP contribution is -2.65. The Kier molecular flexibility index (Phi) is 4.13. The Morgan fingerprint density at radius 2 is 1.00 bits per heavy atom. The number of rotatable bonds is 3. The van der Waals surface area contributed by atoms with E-state index in [1.165, 1.54) is 0 Å². The third kappa shape index (κ3) is 8.48. The van der Waals surface area contributed by atoms with Crippen molar-refractivity contribution in [3.8, 4) is 0 Å². The van der Waals surface area contributed by atoms with Gasteiger partial charge in [-0.3, -0.25) is 10.7 Å². The van der Waals surface area contributed by atoms with E-state index < -0.39 is 0 Å². The molecule has 0 spiro atoms. The fourth-order valence-electron chi connectivity index (χ4n) is 1.31. The van der Waals surface area contributed by atoms with Gasteiger partial charge in [0.1, 0.15) is 0 Å². The summed E-state index contributed by atoms with van der Waals surface area (Å²) in [7, 11) is 0. The molecule has 14 heavy (non-hydrogen) atoms. The van der Waals surface area contributed by atoms with Crippen LogP contribution in [0.4, 0.5) is 0 Å². The van der Waals surface area contributed by atoms with Gasteiger partial charge in [0.15, 0.2) is 0 Å². The summed E-state index contributed by atoms with van der Waals surface area (Å²) >= 11 is 0. The lowest BCUT2D eigenvalue weighted by atomic mass is 10.1. The first-order valence-electron chi connectivity index (χ1n) is 5.25. The first-order chi connectivity index (χ1) is 5.91. The van der Waals surface area contributed by atoms with Crippen LogP contribution >= 0.6 is 0 Å². The highest BCUT2D eigenvalue weighted by Gasteiger charge is 2.24. The minimum Gasteiger partial charge on any atom is -0.294 e. The molecule has 0 saturated heterocycles. The molecule has 0 rings (SSSR count). The monoisotopic (exact) mass is 201 g/mol. The van der Waals surface area contributed by atoms with Crippen LogP contribution in [0.3, 0.4) is 0 Å². The Morgan fingerprint density at radius 1 is 0.571 bits per heavy atom. The van der Waals surface area contributed by atoms with Gasteiger partial charge in [0.25, 0.3) is 0 Å². The lowest BCUT2D eigenvalue weighted by molar-refractivity contribution is 0.180. The molecule has 0 heterocycles. The van der Waals surface area contributed by atoms with Crippen molar-refractivity contribution in [2.45, 2.75) is 72.1 Å². The normalized spacial score (nSPS) is 14.6. The maximum absolute atomic E-state index is 3.49. The van der Waals surface area contributed by atoms with E-state index in [0.29, 0.717) is 0 Å². The van der Waals surface area contributed by atoms with Gasteiger partial charge in [0, 0.05) is 11.1 Å². The first-order valence-corrected chi connectivity index (χ1v) is 5.25. The molecule has 0 amide bonds. The SMILES string of the molecule is CC(C)(C)NNC(C)(C)NC(C)(C)C. The highest BCUT2D eigenvalue weighted by molar-refractivity contribution is 4.83. The van der Waals surface area contributed by atoms with E-state index in [9.17, 15) is 0 Å². The number of hydrogen-bond acceptors (Lipinski definition) is 3. The fourth-order valence-corrected chi connectivity index (χ4v) is 1.31. The molecular formula is C11H27N3. The van der Waals surface area contributed by atoms with Gasteiger partial charge < -0.3 is 0 Å². The minimum atomic E-state index is -0.120. The number of hydrazine groups is 1. The quantitative estimate of drug-likeness (QED) is 0.483. The average molecular weight is 201 g/mol. The van der Waals surface area contributed by atoms with E-state index in [1.807, 2.05) is 0 Å². The molecule has 0 saturated carbocycles. The zero-order valence-electron chi connectivity index (χ0n) is 11.0. The first kappa shape index (κ1) is 13.9. The summed E-state index contributed by atoms with van der Waals surface area (Å²) in [6.07, 6.45) is 0. The van der Waals surface area contributed by atoms with E-state index in [2.05, 4.69) is 71.6 Å².